The fourth-order valence-corrected chi connectivity index (χ4v) is 3.36. The summed E-state index contributed by atoms with van der Waals surface area (Å²) in [7, 11) is 0. The lowest BCUT2D eigenvalue weighted by Gasteiger charge is -2.27. The van der Waals surface area contributed by atoms with Gasteiger partial charge in [-0.3, -0.25) is 4.98 Å². The van der Waals surface area contributed by atoms with Gasteiger partial charge in [-0.1, -0.05) is 25.1 Å². The van der Waals surface area contributed by atoms with Gasteiger partial charge in [-0.2, -0.15) is 0 Å². The first-order valence-corrected chi connectivity index (χ1v) is 8.22. The minimum absolute atomic E-state index is 0.275. The summed E-state index contributed by atoms with van der Waals surface area (Å²) < 4.78 is 0. The molecule has 0 fully saturated rings. The first-order chi connectivity index (χ1) is 11.2. The average molecular weight is 310 g/mol. The Morgan fingerprint density at radius 2 is 2.26 bits per heavy atom. The van der Waals surface area contributed by atoms with E-state index in [0.29, 0.717) is 11.6 Å². The van der Waals surface area contributed by atoms with Crippen LogP contribution in [-0.4, -0.2) is 22.6 Å². The number of aromatic nitrogens is 1. The molecule has 1 aliphatic rings. The first-order valence-electron chi connectivity index (χ1n) is 8.22. The van der Waals surface area contributed by atoms with Crippen molar-refractivity contribution in [3.63, 3.8) is 0 Å². The molecule has 0 saturated carbocycles. The van der Waals surface area contributed by atoms with Gasteiger partial charge in [-0.25, -0.2) is 4.79 Å². The number of aryl methyl sites for hydroxylation is 2. The third-order valence-corrected chi connectivity index (χ3v) is 4.64. The van der Waals surface area contributed by atoms with E-state index < -0.39 is 5.97 Å². The molecule has 0 unspecified atom stereocenters. The third kappa shape index (κ3) is 3.36. The molecule has 2 N–H and O–H groups in total. The molecule has 1 aromatic heterocycles. The molecule has 1 aromatic carbocycles. The number of hydrogen-bond donors (Lipinski definition) is 2. The summed E-state index contributed by atoms with van der Waals surface area (Å²) in [5.74, 6) is -0.502. The molecule has 0 bridgehead atoms. The summed E-state index contributed by atoms with van der Waals surface area (Å²) >= 11 is 0. The molecule has 1 aliphatic carbocycles. The standard InChI is InChI=1S/C19H22N2O2/c1-2-13-6-7-16-14(10-13)4-3-5-15(16)11-21-18-12-20-9-8-17(18)19(22)23/h6-10,12,15,21H,2-5,11H2,1H3,(H,22,23)/t15-/m1/s1. The SMILES string of the molecule is CCc1ccc2c(c1)CCC[C@@H]2CNc1cnccc1C(=O)O. The van der Waals surface area contributed by atoms with Gasteiger partial charge in [-0.05, 0) is 48.4 Å². The monoisotopic (exact) mass is 310 g/mol. The van der Waals surface area contributed by atoms with E-state index in [0.717, 1.165) is 25.8 Å². The highest BCUT2D eigenvalue weighted by Gasteiger charge is 2.21. The van der Waals surface area contributed by atoms with Crippen molar-refractivity contribution in [2.75, 3.05) is 11.9 Å². The second-order valence-electron chi connectivity index (χ2n) is 6.08. The Kier molecular flexibility index (Phi) is 4.60. The molecular weight excluding hydrogens is 288 g/mol. The van der Waals surface area contributed by atoms with Gasteiger partial charge < -0.3 is 10.4 Å². The average Bonchev–Trinajstić information content (AvgIpc) is 2.59. The van der Waals surface area contributed by atoms with Crippen molar-refractivity contribution in [2.45, 2.75) is 38.5 Å². The van der Waals surface area contributed by atoms with Gasteiger partial charge in [0.15, 0.2) is 0 Å². The Morgan fingerprint density at radius 1 is 1.39 bits per heavy atom. The number of nitrogens with one attached hydrogen (secondary N) is 1. The number of aromatic carboxylic acids is 1. The molecule has 0 radical (unpaired) electrons. The van der Waals surface area contributed by atoms with E-state index in [-0.39, 0.29) is 5.56 Å². The molecule has 0 spiro atoms. The number of carbonyl (C=O) groups is 1. The maximum atomic E-state index is 11.3. The van der Waals surface area contributed by atoms with Crippen molar-refractivity contribution in [2.24, 2.45) is 0 Å². The minimum Gasteiger partial charge on any atom is -0.478 e. The third-order valence-electron chi connectivity index (χ3n) is 4.64. The number of carboxylic acid groups (broad SMARTS) is 1. The van der Waals surface area contributed by atoms with E-state index in [1.807, 2.05) is 0 Å². The summed E-state index contributed by atoms with van der Waals surface area (Å²) in [5.41, 5.74) is 5.11. The van der Waals surface area contributed by atoms with Crippen LogP contribution in [0.4, 0.5) is 5.69 Å². The van der Waals surface area contributed by atoms with Gasteiger partial charge in [0, 0.05) is 18.7 Å². The fraction of sp³-hybridized carbons (Fsp3) is 0.368. The van der Waals surface area contributed by atoms with Crippen molar-refractivity contribution >= 4 is 11.7 Å². The van der Waals surface area contributed by atoms with E-state index in [1.54, 1.807) is 6.20 Å². The number of nitrogens with zero attached hydrogens (tertiary/aromatic N) is 1. The fourth-order valence-electron chi connectivity index (χ4n) is 3.36. The van der Waals surface area contributed by atoms with Crippen molar-refractivity contribution in [1.82, 2.24) is 4.98 Å². The van der Waals surface area contributed by atoms with Gasteiger partial charge in [0.1, 0.15) is 0 Å². The zero-order chi connectivity index (χ0) is 16.2. The molecule has 120 valence electrons. The number of hydrogen-bond acceptors (Lipinski definition) is 3. The Hall–Kier alpha value is -2.36. The van der Waals surface area contributed by atoms with E-state index in [4.69, 9.17) is 0 Å². The lowest BCUT2D eigenvalue weighted by molar-refractivity contribution is 0.0698. The largest absolute Gasteiger partial charge is 0.478 e. The predicted molar refractivity (Wildman–Crippen MR) is 91.2 cm³/mol. The van der Waals surface area contributed by atoms with Crippen LogP contribution in [0.15, 0.2) is 36.7 Å². The van der Waals surface area contributed by atoms with Crippen LogP contribution in [0.5, 0.6) is 0 Å². The highest BCUT2D eigenvalue weighted by atomic mass is 16.4. The summed E-state index contributed by atoms with van der Waals surface area (Å²) in [5, 5.41) is 12.5. The zero-order valence-corrected chi connectivity index (χ0v) is 13.4. The highest BCUT2D eigenvalue weighted by molar-refractivity contribution is 5.93. The maximum absolute atomic E-state index is 11.3. The van der Waals surface area contributed by atoms with Crippen LogP contribution < -0.4 is 5.32 Å². The molecule has 0 amide bonds. The molecule has 0 saturated heterocycles. The first kappa shape index (κ1) is 15.5. The zero-order valence-electron chi connectivity index (χ0n) is 13.4. The molecule has 3 rings (SSSR count). The number of carboxylic acids is 1. The highest BCUT2D eigenvalue weighted by Crippen LogP contribution is 2.32. The topological polar surface area (TPSA) is 62.2 Å². The lowest BCUT2D eigenvalue weighted by atomic mass is 9.82. The van der Waals surface area contributed by atoms with Crippen LogP contribution in [0, 0.1) is 0 Å². The number of rotatable bonds is 5. The van der Waals surface area contributed by atoms with Crippen LogP contribution in [0.3, 0.4) is 0 Å². The van der Waals surface area contributed by atoms with Crippen molar-refractivity contribution in [3.8, 4) is 0 Å². The van der Waals surface area contributed by atoms with Gasteiger partial charge in [-0.15, -0.1) is 0 Å². The molecular formula is C19H22N2O2. The van der Waals surface area contributed by atoms with Crippen LogP contribution in [-0.2, 0) is 12.8 Å². The normalized spacial score (nSPS) is 16.7. The number of pyridine rings is 1. The van der Waals surface area contributed by atoms with Crippen LogP contribution in [0.1, 0.15) is 52.7 Å². The second-order valence-corrected chi connectivity index (χ2v) is 6.08. The Labute approximate surface area is 136 Å². The molecule has 1 heterocycles. The van der Waals surface area contributed by atoms with Crippen LogP contribution >= 0.6 is 0 Å². The van der Waals surface area contributed by atoms with Crippen molar-refractivity contribution in [3.05, 3.63) is 58.9 Å². The number of anilines is 1. The van der Waals surface area contributed by atoms with E-state index >= 15 is 0 Å². The van der Waals surface area contributed by atoms with Gasteiger partial charge in [0.05, 0.1) is 17.4 Å². The Bertz CT molecular complexity index is 712. The van der Waals surface area contributed by atoms with Gasteiger partial charge in [0.25, 0.3) is 0 Å². The van der Waals surface area contributed by atoms with Crippen LogP contribution in [0.2, 0.25) is 0 Å². The summed E-state index contributed by atoms with van der Waals surface area (Å²) in [6.45, 7) is 2.92. The quantitative estimate of drug-likeness (QED) is 0.880. The molecule has 0 aliphatic heterocycles. The minimum atomic E-state index is -0.925. The van der Waals surface area contributed by atoms with Crippen LogP contribution in [0.25, 0.3) is 0 Å². The van der Waals surface area contributed by atoms with Crippen molar-refractivity contribution < 1.29 is 9.90 Å². The molecule has 4 heteroatoms. The van der Waals surface area contributed by atoms with Gasteiger partial charge >= 0.3 is 5.97 Å². The number of benzene rings is 1. The lowest BCUT2D eigenvalue weighted by Crippen LogP contribution is -2.19. The maximum Gasteiger partial charge on any atom is 0.337 e. The summed E-state index contributed by atoms with van der Waals surface area (Å²) in [6, 6.07) is 8.33. The molecule has 4 nitrogen and oxygen atoms in total. The number of fused-ring (bicyclic) bond motifs is 1. The van der Waals surface area contributed by atoms with E-state index in [2.05, 4.69) is 35.4 Å². The van der Waals surface area contributed by atoms with E-state index in [1.165, 1.54) is 35.4 Å². The predicted octanol–water partition coefficient (Wildman–Crippen LogP) is 3.87. The molecule has 2 aromatic rings. The second kappa shape index (κ2) is 6.82. The molecule has 1 atom stereocenters. The smallest absolute Gasteiger partial charge is 0.337 e. The Balaban J connectivity index is 1.77. The summed E-state index contributed by atoms with van der Waals surface area (Å²) in [6.07, 6.45) is 7.63. The van der Waals surface area contributed by atoms with Gasteiger partial charge in [0.2, 0.25) is 0 Å². The molecule has 23 heavy (non-hydrogen) atoms. The summed E-state index contributed by atoms with van der Waals surface area (Å²) in [4.78, 5) is 15.3. The van der Waals surface area contributed by atoms with Crippen molar-refractivity contribution in [1.29, 1.82) is 0 Å². The van der Waals surface area contributed by atoms with E-state index in [9.17, 15) is 9.90 Å². The Morgan fingerprint density at radius 3 is 3.04 bits per heavy atom.